The highest BCUT2D eigenvalue weighted by Crippen LogP contribution is 2.16. The van der Waals surface area contributed by atoms with Crippen LogP contribution >= 0.6 is 11.3 Å². The van der Waals surface area contributed by atoms with E-state index in [2.05, 4.69) is 10.3 Å². The maximum absolute atomic E-state index is 13.1. The third-order valence-electron chi connectivity index (χ3n) is 2.56. The van der Waals surface area contributed by atoms with Gasteiger partial charge in [0.15, 0.2) is 0 Å². The number of carbonyl (C=O) groups is 1. The number of amides is 1. The van der Waals surface area contributed by atoms with Crippen molar-refractivity contribution in [3.63, 3.8) is 0 Å². The molecule has 2 rings (SSSR count). The summed E-state index contributed by atoms with van der Waals surface area (Å²) in [7, 11) is 0. The molecule has 2 aromatic rings. The first kappa shape index (κ1) is 13.6. The van der Waals surface area contributed by atoms with Crippen molar-refractivity contribution in [2.75, 3.05) is 11.9 Å². The molecule has 0 spiro atoms. The molecule has 4 nitrogen and oxygen atoms in total. The Balaban J connectivity index is 2.09. The lowest BCUT2D eigenvalue weighted by Gasteiger charge is -2.04. The molecule has 1 heterocycles. The van der Waals surface area contributed by atoms with Crippen LogP contribution in [0.15, 0.2) is 23.6 Å². The van der Waals surface area contributed by atoms with Crippen molar-refractivity contribution in [2.24, 2.45) is 5.73 Å². The van der Waals surface area contributed by atoms with Crippen molar-refractivity contribution in [1.82, 2.24) is 4.98 Å². The molecule has 0 saturated heterocycles. The lowest BCUT2D eigenvalue weighted by Crippen LogP contribution is -2.13. The van der Waals surface area contributed by atoms with Gasteiger partial charge in [0, 0.05) is 17.5 Å². The molecule has 1 aromatic carbocycles. The molecule has 19 heavy (non-hydrogen) atoms. The summed E-state index contributed by atoms with van der Waals surface area (Å²) in [5.74, 6) is -0.595. The number of nitrogens with two attached hydrogens (primary N) is 1. The maximum atomic E-state index is 13.1. The van der Waals surface area contributed by atoms with Gasteiger partial charge in [-0.2, -0.15) is 0 Å². The molecule has 0 aliphatic heterocycles. The summed E-state index contributed by atoms with van der Waals surface area (Å²) >= 11 is 1.41. The molecule has 1 aromatic heterocycles. The molecule has 0 atom stereocenters. The van der Waals surface area contributed by atoms with Crippen molar-refractivity contribution < 1.29 is 9.18 Å². The minimum Gasteiger partial charge on any atom is -0.330 e. The Bertz CT molecular complexity index is 597. The van der Waals surface area contributed by atoms with Crippen molar-refractivity contribution >= 4 is 22.9 Å². The number of carbonyl (C=O) groups excluding carboxylic acids is 1. The average Bonchev–Trinajstić information content (AvgIpc) is 2.83. The van der Waals surface area contributed by atoms with Gasteiger partial charge in [0.1, 0.15) is 11.5 Å². The second kappa shape index (κ2) is 5.90. The van der Waals surface area contributed by atoms with Crippen LogP contribution in [0.5, 0.6) is 0 Å². The van der Waals surface area contributed by atoms with Gasteiger partial charge in [0.05, 0.1) is 5.01 Å². The Labute approximate surface area is 114 Å². The second-order valence-corrected chi connectivity index (χ2v) is 5.03. The average molecular weight is 279 g/mol. The van der Waals surface area contributed by atoms with Crippen molar-refractivity contribution in [2.45, 2.75) is 13.3 Å². The highest BCUT2D eigenvalue weighted by Gasteiger charge is 2.11. The lowest BCUT2D eigenvalue weighted by atomic mass is 10.2. The number of benzene rings is 1. The van der Waals surface area contributed by atoms with Gasteiger partial charge >= 0.3 is 0 Å². The van der Waals surface area contributed by atoms with E-state index in [9.17, 15) is 9.18 Å². The molecule has 100 valence electrons. The van der Waals surface area contributed by atoms with Gasteiger partial charge in [-0.25, -0.2) is 9.37 Å². The fraction of sp³-hybridized carbons (Fsp3) is 0.231. The molecule has 0 saturated carbocycles. The molecular weight excluding hydrogens is 265 g/mol. The van der Waals surface area contributed by atoms with Crippen LogP contribution in [-0.4, -0.2) is 17.4 Å². The number of nitrogens with zero attached hydrogens (tertiary/aromatic N) is 1. The van der Waals surface area contributed by atoms with E-state index in [1.54, 1.807) is 18.4 Å². The normalized spacial score (nSPS) is 10.5. The molecule has 0 fully saturated rings. The standard InChI is InChI=1S/C13H14FN3OS/c1-8-6-9(2-3-10(8)14)16-13(18)11-7-19-12(17-11)4-5-15/h2-3,6-7H,4-5,15H2,1H3,(H,16,18). The van der Waals surface area contributed by atoms with E-state index in [4.69, 9.17) is 5.73 Å². The quantitative estimate of drug-likeness (QED) is 0.902. The van der Waals surface area contributed by atoms with E-state index in [1.807, 2.05) is 0 Å². The van der Waals surface area contributed by atoms with E-state index >= 15 is 0 Å². The monoisotopic (exact) mass is 279 g/mol. The van der Waals surface area contributed by atoms with Crippen LogP contribution in [0, 0.1) is 12.7 Å². The predicted molar refractivity (Wildman–Crippen MR) is 74.0 cm³/mol. The highest BCUT2D eigenvalue weighted by molar-refractivity contribution is 7.09. The van der Waals surface area contributed by atoms with Gasteiger partial charge in [-0.3, -0.25) is 4.79 Å². The third kappa shape index (κ3) is 3.36. The van der Waals surface area contributed by atoms with Crippen molar-refractivity contribution in [1.29, 1.82) is 0 Å². The van der Waals surface area contributed by atoms with Gasteiger partial charge in [0.2, 0.25) is 0 Å². The molecule has 0 radical (unpaired) electrons. The number of hydrogen-bond acceptors (Lipinski definition) is 4. The summed E-state index contributed by atoms with van der Waals surface area (Å²) < 4.78 is 13.1. The van der Waals surface area contributed by atoms with Crippen molar-refractivity contribution in [3.05, 3.63) is 45.7 Å². The van der Waals surface area contributed by atoms with Crippen LogP contribution < -0.4 is 11.1 Å². The first-order chi connectivity index (χ1) is 9.10. The molecule has 0 bridgehead atoms. The Morgan fingerprint density at radius 1 is 1.53 bits per heavy atom. The molecule has 1 amide bonds. The lowest BCUT2D eigenvalue weighted by molar-refractivity contribution is 0.102. The van der Waals surface area contributed by atoms with Gasteiger partial charge in [-0.05, 0) is 37.2 Å². The zero-order chi connectivity index (χ0) is 13.8. The Morgan fingerprint density at radius 3 is 3.00 bits per heavy atom. The smallest absolute Gasteiger partial charge is 0.275 e. The second-order valence-electron chi connectivity index (χ2n) is 4.08. The molecule has 0 aliphatic carbocycles. The number of nitrogens with one attached hydrogen (secondary N) is 1. The highest BCUT2D eigenvalue weighted by atomic mass is 32.1. The van der Waals surface area contributed by atoms with Crippen LogP contribution in [0.1, 0.15) is 21.1 Å². The first-order valence-corrected chi connectivity index (χ1v) is 6.70. The minimum atomic E-state index is -0.300. The summed E-state index contributed by atoms with van der Waals surface area (Å²) in [4.78, 5) is 16.1. The van der Waals surface area contributed by atoms with E-state index < -0.39 is 0 Å². The van der Waals surface area contributed by atoms with Gasteiger partial charge < -0.3 is 11.1 Å². The first-order valence-electron chi connectivity index (χ1n) is 5.82. The molecule has 0 aliphatic rings. The van der Waals surface area contributed by atoms with E-state index in [1.165, 1.54) is 23.5 Å². The molecule has 6 heteroatoms. The van der Waals surface area contributed by atoms with Gasteiger partial charge in [0.25, 0.3) is 5.91 Å². The molecular formula is C13H14FN3OS. The zero-order valence-electron chi connectivity index (χ0n) is 10.4. The Kier molecular flexibility index (Phi) is 4.24. The summed E-state index contributed by atoms with van der Waals surface area (Å²) in [5.41, 5.74) is 6.83. The fourth-order valence-corrected chi connectivity index (χ4v) is 2.37. The predicted octanol–water partition coefficient (Wildman–Crippen LogP) is 2.34. The third-order valence-corrected chi connectivity index (χ3v) is 3.47. The fourth-order valence-electron chi connectivity index (χ4n) is 1.57. The Hall–Kier alpha value is -1.79. The topological polar surface area (TPSA) is 68.0 Å². The largest absolute Gasteiger partial charge is 0.330 e. The van der Waals surface area contributed by atoms with E-state index in [0.29, 0.717) is 29.9 Å². The van der Waals surface area contributed by atoms with Crippen LogP contribution in [0.3, 0.4) is 0 Å². The zero-order valence-corrected chi connectivity index (χ0v) is 11.3. The molecule has 3 N–H and O–H groups in total. The Morgan fingerprint density at radius 2 is 2.32 bits per heavy atom. The van der Waals surface area contributed by atoms with Gasteiger partial charge in [-0.15, -0.1) is 11.3 Å². The summed E-state index contributed by atoms with van der Waals surface area (Å²) in [6, 6.07) is 4.43. The van der Waals surface area contributed by atoms with E-state index in [-0.39, 0.29) is 11.7 Å². The van der Waals surface area contributed by atoms with Gasteiger partial charge in [-0.1, -0.05) is 0 Å². The number of thiazole rings is 1. The number of hydrogen-bond donors (Lipinski definition) is 2. The number of aryl methyl sites for hydroxylation is 1. The maximum Gasteiger partial charge on any atom is 0.275 e. The molecule has 0 unspecified atom stereocenters. The number of halogens is 1. The SMILES string of the molecule is Cc1cc(NC(=O)c2csc(CCN)n2)ccc1F. The van der Waals surface area contributed by atoms with Crippen LogP contribution in [0.4, 0.5) is 10.1 Å². The van der Waals surface area contributed by atoms with Crippen LogP contribution in [0.25, 0.3) is 0 Å². The number of aromatic nitrogens is 1. The summed E-state index contributed by atoms with van der Waals surface area (Å²) in [6.07, 6.45) is 0.660. The van der Waals surface area contributed by atoms with E-state index in [0.717, 1.165) is 5.01 Å². The minimum absolute atomic E-state index is 0.295. The summed E-state index contributed by atoms with van der Waals surface area (Å²) in [6.45, 7) is 2.15. The number of rotatable bonds is 4. The number of anilines is 1. The van der Waals surface area contributed by atoms with Crippen molar-refractivity contribution in [3.8, 4) is 0 Å². The van der Waals surface area contributed by atoms with Crippen LogP contribution in [-0.2, 0) is 6.42 Å². The summed E-state index contributed by atoms with van der Waals surface area (Å²) in [5, 5.41) is 5.22. The van der Waals surface area contributed by atoms with Crippen LogP contribution in [0.2, 0.25) is 0 Å².